The molecule has 0 aromatic rings. The summed E-state index contributed by atoms with van der Waals surface area (Å²) in [5, 5.41) is 11.1. The lowest BCUT2D eigenvalue weighted by molar-refractivity contribution is -0.0795. The van der Waals surface area contributed by atoms with Crippen molar-refractivity contribution in [2.75, 3.05) is 20.1 Å². The fraction of sp³-hybridized carbons (Fsp3) is 1.00. The van der Waals surface area contributed by atoms with Gasteiger partial charge in [0.2, 0.25) is 0 Å². The number of hydrogen-bond donors (Lipinski definition) is 2. The summed E-state index contributed by atoms with van der Waals surface area (Å²) in [4.78, 5) is 2.28. The normalized spacial score (nSPS) is 39.2. The third-order valence-electron chi connectivity index (χ3n) is 5.34. The maximum Gasteiger partial charge on any atom is 0.0856 e. The molecule has 0 bridgehead atoms. The lowest BCUT2D eigenvalue weighted by Crippen LogP contribution is -2.54. The van der Waals surface area contributed by atoms with E-state index in [0.29, 0.717) is 12.6 Å². The van der Waals surface area contributed by atoms with E-state index in [1.807, 2.05) is 0 Å². The smallest absolute Gasteiger partial charge is 0.0856 e. The van der Waals surface area contributed by atoms with E-state index in [4.69, 9.17) is 5.73 Å². The first-order valence-electron chi connectivity index (χ1n) is 7.16. The zero-order valence-electron chi connectivity index (χ0n) is 11.4. The SMILES string of the molecule is CC1CC(O)(C2(CN)CCCCCC2)CN1C. The van der Waals surface area contributed by atoms with Gasteiger partial charge < -0.3 is 15.7 Å². The number of hydrogen-bond acceptors (Lipinski definition) is 3. The second-order valence-electron chi connectivity index (χ2n) is 6.40. The standard InChI is InChI=1S/C14H28N2O/c1-12-9-14(17,11-16(12)2)13(10-15)7-5-3-4-6-8-13/h12,17H,3-11,15H2,1-2H3. The van der Waals surface area contributed by atoms with Crippen molar-refractivity contribution in [3.8, 4) is 0 Å². The Morgan fingerprint density at radius 3 is 2.24 bits per heavy atom. The highest BCUT2D eigenvalue weighted by atomic mass is 16.3. The van der Waals surface area contributed by atoms with Crippen molar-refractivity contribution in [1.82, 2.24) is 4.90 Å². The molecule has 0 radical (unpaired) electrons. The number of nitrogens with two attached hydrogens (primary N) is 1. The first-order valence-corrected chi connectivity index (χ1v) is 7.16. The second-order valence-corrected chi connectivity index (χ2v) is 6.40. The average molecular weight is 240 g/mol. The first-order chi connectivity index (χ1) is 8.03. The molecule has 3 N–H and O–H groups in total. The maximum atomic E-state index is 11.1. The Morgan fingerprint density at radius 1 is 1.24 bits per heavy atom. The number of β-amino-alcohol motifs (C(OH)–C–C–N with tert-alkyl or cyclic N) is 1. The van der Waals surface area contributed by atoms with Gasteiger partial charge in [-0.1, -0.05) is 25.7 Å². The number of rotatable bonds is 2. The van der Waals surface area contributed by atoms with Crippen LogP contribution in [0.15, 0.2) is 0 Å². The molecule has 0 aromatic heterocycles. The molecule has 0 amide bonds. The molecule has 2 unspecified atom stereocenters. The van der Waals surface area contributed by atoms with E-state index >= 15 is 0 Å². The Kier molecular flexibility index (Phi) is 3.81. The summed E-state index contributed by atoms with van der Waals surface area (Å²) >= 11 is 0. The molecule has 3 heteroatoms. The van der Waals surface area contributed by atoms with Crippen molar-refractivity contribution in [2.45, 2.75) is 63.5 Å². The summed E-state index contributed by atoms with van der Waals surface area (Å²) < 4.78 is 0. The van der Waals surface area contributed by atoms with Crippen LogP contribution in [0.1, 0.15) is 51.9 Å². The van der Waals surface area contributed by atoms with Crippen molar-refractivity contribution in [3.05, 3.63) is 0 Å². The van der Waals surface area contributed by atoms with Gasteiger partial charge in [-0.15, -0.1) is 0 Å². The van der Waals surface area contributed by atoms with Gasteiger partial charge >= 0.3 is 0 Å². The Hall–Kier alpha value is -0.120. The number of aliphatic hydroxyl groups is 1. The minimum Gasteiger partial charge on any atom is -0.388 e. The van der Waals surface area contributed by atoms with Gasteiger partial charge in [-0.05, 0) is 33.2 Å². The van der Waals surface area contributed by atoms with E-state index in [1.165, 1.54) is 25.7 Å². The monoisotopic (exact) mass is 240 g/mol. The highest BCUT2D eigenvalue weighted by Crippen LogP contribution is 2.48. The van der Waals surface area contributed by atoms with E-state index in [9.17, 15) is 5.11 Å². The molecular formula is C14H28N2O. The molecule has 1 aliphatic carbocycles. The molecule has 1 heterocycles. The number of likely N-dealkylation sites (tertiary alicyclic amines) is 1. The van der Waals surface area contributed by atoms with E-state index in [-0.39, 0.29) is 5.41 Å². The average Bonchev–Trinajstić information content (AvgIpc) is 2.51. The lowest BCUT2D eigenvalue weighted by Gasteiger charge is -2.44. The Morgan fingerprint density at radius 2 is 1.82 bits per heavy atom. The Balaban J connectivity index is 2.21. The van der Waals surface area contributed by atoms with Gasteiger partial charge in [0.05, 0.1) is 5.60 Å². The summed E-state index contributed by atoms with van der Waals surface area (Å²) in [5.41, 5.74) is 5.50. The highest BCUT2D eigenvalue weighted by Gasteiger charge is 2.53. The molecule has 1 aliphatic heterocycles. The molecule has 3 nitrogen and oxygen atoms in total. The van der Waals surface area contributed by atoms with Crippen LogP contribution < -0.4 is 5.73 Å². The van der Waals surface area contributed by atoms with Crippen LogP contribution in [0.3, 0.4) is 0 Å². The minimum atomic E-state index is -0.555. The van der Waals surface area contributed by atoms with Crippen LogP contribution in [-0.2, 0) is 0 Å². The predicted octanol–water partition coefficient (Wildman–Crippen LogP) is 1.74. The Bertz CT molecular complexity index is 249. The molecule has 2 atom stereocenters. The van der Waals surface area contributed by atoms with E-state index in [2.05, 4.69) is 18.9 Å². The third-order valence-corrected chi connectivity index (χ3v) is 5.34. The van der Waals surface area contributed by atoms with Crippen LogP contribution in [0.2, 0.25) is 0 Å². The predicted molar refractivity (Wildman–Crippen MR) is 70.8 cm³/mol. The molecule has 0 spiro atoms. The van der Waals surface area contributed by atoms with Crippen molar-refractivity contribution in [1.29, 1.82) is 0 Å². The van der Waals surface area contributed by atoms with Crippen LogP contribution >= 0.6 is 0 Å². The highest BCUT2D eigenvalue weighted by molar-refractivity contribution is 5.07. The van der Waals surface area contributed by atoms with Gasteiger partial charge in [0, 0.05) is 24.5 Å². The van der Waals surface area contributed by atoms with Crippen LogP contribution in [0.5, 0.6) is 0 Å². The minimum absolute atomic E-state index is 0.0253. The van der Waals surface area contributed by atoms with Gasteiger partial charge in [-0.25, -0.2) is 0 Å². The van der Waals surface area contributed by atoms with Crippen molar-refractivity contribution in [3.63, 3.8) is 0 Å². The molecule has 17 heavy (non-hydrogen) atoms. The van der Waals surface area contributed by atoms with Crippen molar-refractivity contribution in [2.24, 2.45) is 11.1 Å². The lowest BCUT2D eigenvalue weighted by atomic mass is 9.66. The second kappa shape index (κ2) is 4.87. The van der Waals surface area contributed by atoms with Gasteiger partial charge in [-0.3, -0.25) is 0 Å². The van der Waals surface area contributed by atoms with Crippen LogP contribution in [-0.4, -0.2) is 41.8 Å². The molecular weight excluding hydrogens is 212 g/mol. The fourth-order valence-electron chi connectivity index (χ4n) is 3.93. The summed E-state index contributed by atoms with van der Waals surface area (Å²) in [6.45, 7) is 3.65. The summed E-state index contributed by atoms with van der Waals surface area (Å²) in [5.74, 6) is 0. The molecule has 2 aliphatic rings. The van der Waals surface area contributed by atoms with Gasteiger partial charge in [0.15, 0.2) is 0 Å². The van der Waals surface area contributed by atoms with Crippen LogP contribution in [0.4, 0.5) is 0 Å². The first kappa shape index (κ1) is 13.3. The molecule has 0 aromatic carbocycles. The van der Waals surface area contributed by atoms with E-state index < -0.39 is 5.60 Å². The zero-order chi connectivity index (χ0) is 12.5. The zero-order valence-corrected chi connectivity index (χ0v) is 11.4. The van der Waals surface area contributed by atoms with Crippen LogP contribution in [0, 0.1) is 5.41 Å². The quantitative estimate of drug-likeness (QED) is 0.723. The molecule has 2 fully saturated rings. The third kappa shape index (κ3) is 2.25. The molecule has 1 saturated heterocycles. The summed E-state index contributed by atoms with van der Waals surface area (Å²) in [7, 11) is 2.11. The fourth-order valence-corrected chi connectivity index (χ4v) is 3.93. The van der Waals surface area contributed by atoms with Gasteiger partial charge in [0.25, 0.3) is 0 Å². The van der Waals surface area contributed by atoms with E-state index in [1.54, 1.807) is 0 Å². The Labute approximate surface area is 105 Å². The van der Waals surface area contributed by atoms with Crippen molar-refractivity contribution < 1.29 is 5.11 Å². The van der Waals surface area contributed by atoms with Crippen molar-refractivity contribution >= 4 is 0 Å². The maximum absolute atomic E-state index is 11.1. The summed E-state index contributed by atoms with van der Waals surface area (Å²) in [6.07, 6.45) is 8.20. The van der Waals surface area contributed by atoms with Gasteiger partial charge in [0.1, 0.15) is 0 Å². The van der Waals surface area contributed by atoms with E-state index in [0.717, 1.165) is 25.8 Å². The molecule has 2 rings (SSSR count). The molecule has 100 valence electrons. The molecule has 1 saturated carbocycles. The topological polar surface area (TPSA) is 49.5 Å². The summed E-state index contributed by atoms with van der Waals surface area (Å²) in [6, 6.07) is 0.478. The van der Waals surface area contributed by atoms with Crippen LogP contribution in [0.25, 0.3) is 0 Å². The number of nitrogens with zero attached hydrogens (tertiary/aromatic N) is 1. The number of likely N-dealkylation sites (N-methyl/N-ethyl adjacent to an activating group) is 1. The largest absolute Gasteiger partial charge is 0.388 e. The van der Waals surface area contributed by atoms with Gasteiger partial charge in [-0.2, -0.15) is 0 Å².